The van der Waals surface area contributed by atoms with Crippen LogP contribution in [0.15, 0.2) is 29.3 Å². The molecule has 1 aromatic carbocycles. The van der Waals surface area contributed by atoms with Crippen molar-refractivity contribution in [3.05, 3.63) is 35.4 Å². The van der Waals surface area contributed by atoms with Gasteiger partial charge in [0.1, 0.15) is 0 Å². The van der Waals surface area contributed by atoms with Crippen molar-refractivity contribution in [1.82, 2.24) is 10.6 Å². The van der Waals surface area contributed by atoms with Crippen LogP contribution in [-0.2, 0) is 15.9 Å². The fourth-order valence-corrected chi connectivity index (χ4v) is 2.37. The molecular weight excluding hydrogens is 441 g/mol. The lowest BCUT2D eigenvalue weighted by Crippen LogP contribution is -2.39. The van der Waals surface area contributed by atoms with E-state index in [1.807, 2.05) is 0 Å². The summed E-state index contributed by atoms with van der Waals surface area (Å²) in [6.07, 6.45) is 2.10. The molecule has 0 aromatic heterocycles. The van der Waals surface area contributed by atoms with Crippen LogP contribution in [-0.4, -0.2) is 52.5 Å². The van der Waals surface area contributed by atoms with Gasteiger partial charge in [0.2, 0.25) is 0 Å². The quantitative estimate of drug-likeness (QED) is 0.209. The molecule has 1 aromatic rings. The van der Waals surface area contributed by atoms with Crippen LogP contribution in [0.2, 0.25) is 0 Å². The summed E-state index contributed by atoms with van der Waals surface area (Å²) in [7, 11) is 1.68. The van der Waals surface area contributed by atoms with Crippen LogP contribution < -0.4 is 10.6 Å². The molecule has 0 aliphatic heterocycles. The number of hydrogen-bond acceptors (Lipinski definition) is 3. The van der Waals surface area contributed by atoms with Crippen molar-refractivity contribution in [3.8, 4) is 0 Å². The van der Waals surface area contributed by atoms with Crippen LogP contribution in [0.1, 0.15) is 44.2 Å². The van der Waals surface area contributed by atoms with Crippen molar-refractivity contribution in [1.29, 1.82) is 0 Å². The molecule has 0 aliphatic rings. The smallest absolute Gasteiger partial charge is 0.191 e. The van der Waals surface area contributed by atoms with Gasteiger partial charge in [0.15, 0.2) is 5.96 Å². The Bertz CT molecular complexity index is 478. The number of ether oxygens (including phenoxy) is 2. The van der Waals surface area contributed by atoms with Gasteiger partial charge < -0.3 is 20.1 Å². The first-order valence-corrected chi connectivity index (χ1v) is 9.35. The lowest BCUT2D eigenvalue weighted by molar-refractivity contribution is 0.0733. The van der Waals surface area contributed by atoms with E-state index < -0.39 is 0 Å². The molecule has 5 nitrogen and oxygen atoms in total. The number of halogens is 1. The molecule has 0 radical (unpaired) electrons. The fraction of sp³-hybridized carbons (Fsp3) is 0.650. The first-order chi connectivity index (χ1) is 12.2. The third-order valence-electron chi connectivity index (χ3n) is 3.85. The summed E-state index contributed by atoms with van der Waals surface area (Å²) in [6, 6.07) is 8.94. The molecule has 0 unspecified atom stereocenters. The predicted octanol–water partition coefficient (Wildman–Crippen LogP) is 3.58. The van der Waals surface area contributed by atoms with Crippen LogP contribution in [0.4, 0.5) is 0 Å². The van der Waals surface area contributed by atoms with E-state index in [2.05, 4.69) is 60.7 Å². The number of aryl methyl sites for hydroxylation is 1. The second kappa shape index (κ2) is 16.3. The zero-order valence-corrected chi connectivity index (χ0v) is 19.0. The van der Waals surface area contributed by atoms with E-state index >= 15 is 0 Å². The van der Waals surface area contributed by atoms with Gasteiger partial charge in [0, 0.05) is 26.7 Å². The highest BCUT2D eigenvalue weighted by Crippen LogP contribution is 2.15. The van der Waals surface area contributed by atoms with Crippen molar-refractivity contribution in [2.75, 3.05) is 46.6 Å². The Balaban J connectivity index is 0.00000625. The van der Waals surface area contributed by atoms with Gasteiger partial charge in [0.05, 0.1) is 19.8 Å². The number of benzene rings is 1. The molecule has 1 rings (SSSR count). The highest BCUT2D eigenvalue weighted by atomic mass is 127. The average molecular weight is 477 g/mol. The SMILES string of the molecule is CCNC(=NCCCc1ccc(C(C)C)cc1)NCCOCCOC.I. The van der Waals surface area contributed by atoms with E-state index in [-0.39, 0.29) is 24.0 Å². The average Bonchev–Trinajstić information content (AvgIpc) is 2.61. The van der Waals surface area contributed by atoms with Crippen LogP contribution in [0.5, 0.6) is 0 Å². The number of aliphatic imine (C=N–C) groups is 1. The summed E-state index contributed by atoms with van der Waals surface area (Å²) < 4.78 is 10.4. The Hall–Kier alpha value is -0.860. The maximum absolute atomic E-state index is 5.44. The largest absolute Gasteiger partial charge is 0.382 e. The number of nitrogens with zero attached hydrogens (tertiary/aromatic N) is 1. The first-order valence-electron chi connectivity index (χ1n) is 9.35. The number of guanidine groups is 1. The van der Waals surface area contributed by atoms with E-state index in [4.69, 9.17) is 9.47 Å². The van der Waals surface area contributed by atoms with E-state index in [1.165, 1.54) is 11.1 Å². The molecule has 2 N–H and O–H groups in total. The van der Waals surface area contributed by atoms with Gasteiger partial charge in [-0.1, -0.05) is 38.1 Å². The van der Waals surface area contributed by atoms with Gasteiger partial charge in [-0.05, 0) is 36.8 Å². The molecule has 150 valence electrons. The van der Waals surface area contributed by atoms with Gasteiger partial charge in [-0.15, -0.1) is 24.0 Å². The zero-order valence-electron chi connectivity index (χ0n) is 16.7. The number of rotatable bonds is 12. The van der Waals surface area contributed by atoms with Gasteiger partial charge in [-0.3, -0.25) is 4.99 Å². The topological polar surface area (TPSA) is 54.9 Å². The molecule has 0 spiro atoms. The lowest BCUT2D eigenvalue weighted by Gasteiger charge is -2.11. The molecule has 0 saturated carbocycles. The molecule has 0 bridgehead atoms. The monoisotopic (exact) mass is 477 g/mol. The summed E-state index contributed by atoms with van der Waals surface area (Å²) >= 11 is 0. The molecule has 0 atom stereocenters. The van der Waals surface area contributed by atoms with Crippen molar-refractivity contribution >= 4 is 29.9 Å². The number of nitrogens with one attached hydrogen (secondary N) is 2. The Kier molecular flexibility index (Phi) is 15.8. The van der Waals surface area contributed by atoms with Gasteiger partial charge in [-0.2, -0.15) is 0 Å². The first kappa shape index (κ1) is 25.1. The van der Waals surface area contributed by atoms with Crippen molar-refractivity contribution in [2.45, 2.75) is 39.5 Å². The number of hydrogen-bond donors (Lipinski definition) is 2. The van der Waals surface area contributed by atoms with E-state index in [0.717, 1.165) is 38.4 Å². The highest BCUT2D eigenvalue weighted by Gasteiger charge is 2.00. The normalized spacial score (nSPS) is 11.3. The van der Waals surface area contributed by atoms with Crippen molar-refractivity contribution in [2.24, 2.45) is 4.99 Å². The van der Waals surface area contributed by atoms with E-state index in [1.54, 1.807) is 7.11 Å². The molecular formula is C20H36IN3O2. The van der Waals surface area contributed by atoms with E-state index in [0.29, 0.717) is 25.7 Å². The summed E-state index contributed by atoms with van der Waals surface area (Å²) in [4.78, 5) is 4.62. The predicted molar refractivity (Wildman–Crippen MR) is 121 cm³/mol. The maximum Gasteiger partial charge on any atom is 0.191 e. The minimum atomic E-state index is 0. The Labute approximate surface area is 176 Å². The summed E-state index contributed by atoms with van der Waals surface area (Å²) in [5.74, 6) is 1.44. The Morgan fingerprint density at radius 2 is 1.81 bits per heavy atom. The molecule has 0 aliphatic carbocycles. The van der Waals surface area contributed by atoms with Crippen molar-refractivity contribution in [3.63, 3.8) is 0 Å². The van der Waals surface area contributed by atoms with Gasteiger partial charge in [0.25, 0.3) is 0 Å². The molecule has 0 fully saturated rings. The fourth-order valence-electron chi connectivity index (χ4n) is 2.37. The van der Waals surface area contributed by atoms with Crippen LogP contribution >= 0.6 is 24.0 Å². The molecule has 0 saturated heterocycles. The standard InChI is InChI=1S/C20H35N3O2.HI/c1-5-21-20(23-13-14-25-16-15-24-4)22-12-6-7-18-8-10-19(11-9-18)17(2)3;/h8-11,17H,5-7,12-16H2,1-4H3,(H2,21,22,23);1H. The van der Waals surface area contributed by atoms with Crippen LogP contribution in [0.25, 0.3) is 0 Å². The number of methoxy groups -OCH3 is 1. The third-order valence-corrected chi connectivity index (χ3v) is 3.85. The maximum atomic E-state index is 5.44. The van der Waals surface area contributed by atoms with Crippen LogP contribution in [0.3, 0.4) is 0 Å². The molecule has 0 heterocycles. The molecule has 6 heteroatoms. The van der Waals surface area contributed by atoms with Gasteiger partial charge >= 0.3 is 0 Å². The summed E-state index contributed by atoms with van der Waals surface area (Å²) in [5, 5.41) is 6.55. The Morgan fingerprint density at radius 3 is 2.42 bits per heavy atom. The van der Waals surface area contributed by atoms with Crippen LogP contribution in [0, 0.1) is 0 Å². The highest BCUT2D eigenvalue weighted by molar-refractivity contribution is 14.0. The zero-order chi connectivity index (χ0) is 18.3. The van der Waals surface area contributed by atoms with Crippen molar-refractivity contribution < 1.29 is 9.47 Å². The lowest BCUT2D eigenvalue weighted by atomic mass is 10.0. The minimum absolute atomic E-state index is 0. The minimum Gasteiger partial charge on any atom is -0.382 e. The second-order valence-electron chi connectivity index (χ2n) is 6.29. The third kappa shape index (κ3) is 11.7. The Morgan fingerprint density at radius 1 is 1.08 bits per heavy atom. The molecule has 0 amide bonds. The summed E-state index contributed by atoms with van der Waals surface area (Å²) in [6.45, 7) is 10.8. The summed E-state index contributed by atoms with van der Waals surface area (Å²) in [5.41, 5.74) is 2.78. The second-order valence-corrected chi connectivity index (χ2v) is 6.29. The van der Waals surface area contributed by atoms with E-state index in [9.17, 15) is 0 Å². The molecule has 26 heavy (non-hydrogen) atoms. The van der Waals surface area contributed by atoms with Gasteiger partial charge in [-0.25, -0.2) is 0 Å².